The first-order valence-electron chi connectivity index (χ1n) is 12.0. The summed E-state index contributed by atoms with van der Waals surface area (Å²) in [6.45, 7) is 3.66. The summed E-state index contributed by atoms with van der Waals surface area (Å²) in [5.41, 5.74) is 7.37. The minimum atomic E-state index is -0.483. The van der Waals surface area contributed by atoms with Crippen LogP contribution in [0.5, 0.6) is 0 Å². The van der Waals surface area contributed by atoms with Gasteiger partial charge in [-0.05, 0) is 79.5 Å². The van der Waals surface area contributed by atoms with E-state index in [0.717, 1.165) is 52.5 Å². The van der Waals surface area contributed by atoms with E-state index >= 15 is 0 Å². The molecule has 35 heavy (non-hydrogen) atoms. The van der Waals surface area contributed by atoms with Crippen LogP contribution in [0.1, 0.15) is 50.6 Å². The Balaban J connectivity index is 1.40. The second-order valence-electron chi connectivity index (χ2n) is 9.20. The van der Waals surface area contributed by atoms with Crippen molar-refractivity contribution in [1.82, 2.24) is 4.98 Å². The Kier molecular flexibility index (Phi) is 6.32. The van der Waals surface area contributed by atoms with Crippen LogP contribution in [0.4, 0.5) is 5.69 Å². The van der Waals surface area contributed by atoms with E-state index in [0.29, 0.717) is 17.2 Å². The molecule has 1 aliphatic carbocycles. The van der Waals surface area contributed by atoms with Gasteiger partial charge in [0.1, 0.15) is 0 Å². The van der Waals surface area contributed by atoms with Crippen molar-refractivity contribution in [2.45, 2.75) is 39.0 Å². The van der Waals surface area contributed by atoms with Gasteiger partial charge in [0, 0.05) is 16.8 Å². The van der Waals surface area contributed by atoms with Crippen molar-refractivity contribution in [2.24, 2.45) is 0 Å². The van der Waals surface area contributed by atoms with E-state index in [9.17, 15) is 9.59 Å². The fraction of sp³-hybridized carbons (Fsp3) is 0.233. The maximum atomic E-state index is 13.4. The largest absolute Gasteiger partial charge is 0.452 e. The van der Waals surface area contributed by atoms with Gasteiger partial charge >= 0.3 is 5.97 Å². The van der Waals surface area contributed by atoms with Crippen LogP contribution < -0.4 is 5.32 Å². The number of aryl methyl sites for hydroxylation is 3. The molecule has 176 valence electrons. The summed E-state index contributed by atoms with van der Waals surface area (Å²) in [5.74, 6) is -0.536. The number of ether oxygens (including phenoxy) is 1. The predicted octanol–water partition coefficient (Wildman–Crippen LogP) is 5.92. The van der Waals surface area contributed by atoms with Gasteiger partial charge in [-0.3, -0.25) is 9.78 Å². The summed E-state index contributed by atoms with van der Waals surface area (Å²) in [7, 11) is 0. The van der Waals surface area contributed by atoms with Gasteiger partial charge in [0.05, 0.1) is 11.1 Å². The Morgan fingerprint density at radius 1 is 0.971 bits per heavy atom. The van der Waals surface area contributed by atoms with Crippen molar-refractivity contribution in [3.8, 4) is 0 Å². The van der Waals surface area contributed by atoms with E-state index in [2.05, 4.69) is 17.4 Å². The van der Waals surface area contributed by atoms with Crippen molar-refractivity contribution in [1.29, 1.82) is 0 Å². The third-order valence-electron chi connectivity index (χ3n) is 6.86. The molecule has 1 atom stereocenters. The topological polar surface area (TPSA) is 68.3 Å². The van der Waals surface area contributed by atoms with E-state index in [4.69, 9.17) is 9.72 Å². The Labute approximate surface area is 205 Å². The Hall–Kier alpha value is -3.99. The average molecular weight is 465 g/mol. The molecule has 0 spiro atoms. The first kappa shape index (κ1) is 22.8. The van der Waals surface area contributed by atoms with Crippen molar-refractivity contribution >= 4 is 28.5 Å². The molecular weight excluding hydrogens is 436 g/mol. The Bertz CT molecular complexity index is 1410. The molecule has 0 saturated heterocycles. The number of nitrogens with one attached hydrogen (secondary N) is 1. The van der Waals surface area contributed by atoms with Crippen molar-refractivity contribution < 1.29 is 14.3 Å². The molecule has 0 bridgehead atoms. The lowest BCUT2D eigenvalue weighted by atomic mass is 9.80. The minimum absolute atomic E-state index is 0.311. The molecule has 3 aromatic carbocycles. The van der Waals surface area contributed by atoms with Gasteiger partial charge in [-0.25, -0.2) is 4.79 Å². The predicted molar refractivity (Wildman–Crippen MR) is 138 cm³/mol. The number of amides is 1. The van der Waals surface area contributed by atoms with Crippen molar-refractivity contribution in [3.05, 3.63) is 106 Å². The van der Waals surface area contributed by atoms with Gasteiger partial charge in [0.15, 0.2) is 6.61 Å². The van der Waals surface area contributed by atoms with Crippen molar-refractivity contribution in [3.63, 3.8) is 0 Å². The number of para-hydroxylation sites is 1. The first-order valence-corrected chi connectivity index (χ1v) is 12.0. The molecule has 1 aromatic heterocycles. The zero-order valence-electron chi connectivity index (χ0n) is 20.0. The number of pyridine rings is 1. The molecule has 1 heterocycles. The summed E-state index contributed by atoms with van der Waals surface area (Å²) in [5, 5.41) is 3.58. The lowest BCUT2D eigenvalue weighted by Crippen LogP contribution is -2.24. The first-order chi connectivity index (χ1) is 17.0. The summed E-state index contributed by atoms with van der Waals surface area (Å²) < 4.78 is 5.55. The highest BCUT2D eigenvalue weighted by Gasteiger charge is 2.28. The fourth-order valence-corrected chi connectivity index (χ4v) is 4.85. The van der Waals surface area contributed by atoms with Gasteiger partial charge in [0.2, 0.25) is 0 Å². The molecule has 1 amide bonds. The maximum absolute atomic E-state index is 13.4. The van der Waals surface area contributed by atoms with Crippen LogP contribution >= 0.6 is 0 Å². The van der Waals surface area contributed by atoms with E-state index in [1.165, 1.54) is 5.56 Å². The number of fused-ring (bicyclic) bond motifs is 2. The standard InChI is InChI=1S/C30H28N2O3/c1-19-12-14-23(16-20(19)2)31-28(33)18-35-30(34)29-24-10-6-7-11-26(24)32-27-15-13-22(17-25(27)29)21-8-4-3-5-9-21/h3-12,14,16,22H,13,15,17-18H2,1-2H3,(H,31,33). The molecule has 5 nitrogen and oxygen atoms in total. The van der Waals surface area contributed by atoms with Crippen LogP contribution in [0, 0.1) is 13.8 Å². The monoisotopic (exact) mass is 464 g/mol. The fourth-order valence-electron chi connectivity index (χ4n) is 4.85. The SMILES string of the molecule is Cc1ccc(NC(=O)COC(=O)c2c3c(nc4ccccc24)CCC(c2ccccc2)C3)cc1C. The zero-order valence-corrected chi connectivity index (χ0v) is 20.0. The van der Waals surface area contributed by atoms with Crippen LogP contribution in [0.25, 0.3) is 10.9 Å². The van der Waals surface area contributed by atoms with Gasteiger partial charge in [-0.15, -0.1) is 0 Å². The molecule has 0 aliphatic heterocycles. The van der Waals surface area contributed by atoms with Crippen molar-refractivity contribution in [2.75, 3.05) is 11.9 Å². The van der Waals surface area contributed by atoms with E-state index in [-0.39, 0.29) is 12.5 Å². The highest BCUT2D eigenvalue weighted by Crippen LogP contribution is 2.36. The average Bonchev–Trinajstić information content (AvgIpc) is 2.88. The lowest BCUT2D eigenvalue weighted by Gasteiger charge is -2.26. The molecule has 1 unspecified atom stereocenters. The molecule has 0 fully saturated rings. The van der Waals surface area contributed by atoms with E-state index in [1.54, 1.807) is 0 Å². The van der Waals surface area contributed by atoms with E-state index < -0.39 is 5.97 Å². The van der Waals surface area contributed by atoms with Gasteiger partial charge < -0.3 is 10.1 Å². The van der Waals surface area contributed by atoms with Gasteiger partial charge in [-0.2, -0.15) is 0 Å². The molecule has 5 rings (SSSR count). The number of hydrogen-bond acceptors (Lipinski definition) is 4. The molecule has 1 aliphatic rings. The second-order valence-corrected chi connectivity index (χ2v) is 9.20. The number of esters is 1. The molecular formula is C30H28N2O3. The quantitative estimate of drug-likeness (QED) is 0.372. The molecule has 0 radical (unpaired) electrons. The highest BCUT2D eigenvalue weighted by atomic mass is 16.5. The number of rotatable bonds is 5. The highest BCUT2D eigenvalue weighted by molar-refractivity contribution is 6.06. The number of aromatic nitrogens is 1. The molecule has 4 aromatic rings. The molecule has 1 N–H and O–H groups in total. The van der Waals surface area contributed by atoms with Gasteiger partial charge in [-0.1, -0.05) is 54.6 Å². The Morgan fingerprint density at radius 2 is 1.74 bits per heavy atom. The smallest absolute Gasteiger partial charge is 0.339 e. The lowest BCUT2D eigenvalue weighted by molar-refractivity contribution is -0.119. The maximum Gasteiger partial charge on any atom is 0.339 e. The Morgan fingerprint density at radius 3 is 2.54 bits per heavy atom. The minimum Gasteiger partial charge on any atom is -0.452 e. The van der Waals surface area contributed by atoms with Crippen LogP contribution in [0.3, 0.4) is 0 Å². The number of carbonyl (C=O) groups excluding carboxylic acids is 2. The molecule has 5 heteroatoms. The molecule has 0 saturated carbocycles. The number of hydrogen-bond donors (Lipinski definition) is 1. The number of benzene rings is 3. The third kappa shape index (κ3) is 4.80. The van der Waals surface area contributed by atoms with Crippen LogP contribution in [0.2, 0.25) is 0 Å². The second kappa shape index (κ2) is 9.71. The number of carbonyl (C=O) groups is 2. The normalized spacial score (nSPS) is 14.9. The summed E-state index contributed by atoms with van der Waals surface area (Å²) in [6.07, 6.45) is 2.50. The summed E-state index contributed by atoms with van der Waals surface area (Å²) in [4.78, 5) is 30.8. The summed E-state index contributed by atoms with van der Waals surface area (Å²) >= 11 is 0. The number of nitrogens with zero attached hydrogens (tertiary/aromatic N) is 1. The third-order valence-corrected chi connectivity index (χ3v) is 6.86. The van der Waals surface area contributed by atoms with Crippen LogP contribution in [0.15, 0.2) is 72.8 Å². The summed E-state index contributed by atoms with van der Waals surface area (Å²) in [6, 6.07) is 23.7. The van der Waals surface area contributed by atoms with Crippen LogP contribution in [-0.2, 0) is 22.4 Å². The zero-order chi connectivity index (χ0) is 24.4. The van der Waals surface area contributed by atoms with Crippen LogP contribution in [-0.4, -0.2) is 23.5 Å². The number of anilines is 1. The van der Waals surface area contributed by atoms with Gasteiger partial charge in [0.25, 0.3) is 5.91 Å². The van der Waals surface area contributed by atoms with E-state index in [1.807, 2.05) is 74.5 Å².